The molecule has 2 aromatic rings. The van der Waals surface area contributed by atoms with Crippen molar-refractivity contribution in [2.75, 3.05) is 0 Å². The van der Waals surface area contributed by atoms with Crippen molar-refractivity contribution in [2.24, 2.45) is 7.05 Å². The van der Waals surface area contributed by atoms with Gasteiger partial charge in [0.25, 0.3) is 0 Å². The molecule has 1 aromatic heterocycles. The lowest BCUT2D eigenvalue weighted by Gasteiger charge is -2.11. The fourth-order valence-electron chi connectivity index (χ4n) is 1.65. The lowest BCUT2D eigenvalue weighted by molar-refractivity contribution is 0.176. The molecule has 0 spiro atoms. The van der Waals surface area contributed by atoms with E-state index >= 15 is 0 Å². The SMILES string of the molecule is Cn1ccc(CC(O)c2ccc(F)cc2Br)n1. The van der Waals surface area contributed by atoms with Gasteiger partial charge in [-0.05, 0) is 23.8 Å². The third-order valence-electron chi connectivity index (χ3n) is 2.49. The molecule has 0 aliphatic carbocycles. The van der Waals surface area contributed by atoms with E-state index < -0.39 is 6.10 Å². The molecule has 17 heavy (non-hydrogen) atoms. The van der Waals surface area contributed by atoms with Crippen LogP contribution in [0.25, 0.3) is 0 Å². The topological polar surface area (TPSA) is 38.0 Å². The Bertz CT molecular complexity index is 527. The largest absolute Gasteiger partial charge is 0.388 e. The Balaban J connectivity index is 2.17. The van der Waals surface area contributed by atoms with Crippen molar-refractivity contribution in [2.45, 2.75) is 12.5 Å². The third-order valence-corrected chi connectivity index (χ3v) is 3.18. The van der Waals surface area contributed by atoms with Crippen molar-refractivity contribution in [3.05, 3.63) is 52.0 Å². The molecule has 1 N–H and O–H groups in total. The second-order valence-corrected chi connectivity index (χ2v) is 4.72. The molecule has 0 aliphatic heterocycles. The number of aliphatic hydroxyl groups is 1. The highest BCUT2D eigenvalue weighted by molar-refractivity contribution is 9.10. The molecule has 0 bridgehead atoms. The molecule has 0 radical (unpaired) electrons. The smallest absolute Gasteiger partial charge is 0.124 e. The summed E-state index contributed by atoms with van der Waals surface area (Å²) in [7, 11) is 1.82. The van der Waals surface area contributed by atoms with E-state index in [1.54, 1.807) is 10.7 Å². The molecule has 0 aliphatic rings. The molecule has 1 unspecified atom stereocenters. The Morgan fingerprint density at radius 2 is 2.24 bits per heavy atom. The predicted molar refractivity (Wildman–Crippen MR) is 66.0 cm³/mol. The minimum absolute atomic E-state index is 0.328. The lowest BCUT2D eigenvalue weighted by atomic mass is 10.1. The Kier molecular flexibility index (Phi) is 3.59. The maximum Gasteiger partial charge on any atom is 0.124 e. The van der Waals surface area contributed by atoms with E-state index in [1.807, 2.05) is 19.3 Å². The normalized spacial score (nSPS) is 12.7. The average molecular weight is 299 g/mol. The zero-order chi connectivity index (χ0) is 12.4. The maximum atomic E-state index is 12.9. The number of aryl methyl sites for hydroxylation is 1. The fourth-order valence-corrected chi connectivity index (χ4v) is 2.27. The molecule has 5 heteroatoms. The van der Waals surface area contributed by atoms with Gasteiger partial charge in [0.1, 0.15) is 5.82 Å². The van der Waals surface area contributed by atoms with Crippen LogP contribution in [0, 0.1) is 5.82 Å². The second kappa shape index (κ2) is 4.98. The summed E-state index contributed by atoms with van der Waals surface area (Å²) < 4.78 is 15.2. The van der Waals surface area contributed by atoms with E-state index in [-0.39, 0.29) is 5.82 Å². The average Bonchev–Trinajstić information content (AvgIpc) is 2.63. The summed E-state index contributed by atoms with van der Waals surface area (Å²) in [5.41, 5.74) is 1.47. The summed E-state index contributed by atoms with van der Waals surface area (Å²) in [5.74, 6) is -0.328. The zero-order valence-electron chi connectivity index (χ0n) is 9.27. The summed E-state index contributed by atoms with van der Waals surface area (Å²) in [4.78, 5) is 0. The van der Waals surface area contributed by atoms with Gasteiger partial charge in [0.05, 0.1) is 11.8 Å². The molecule has 0 saturated carbocycles. The van der Waals surface area contributed by atoms with Crippen LogP contribution in [-0.4, -0.2) is 14.9 Å². The second-order valence-electron chi connectivity index (χ2n) is 3.87. The minimum atomic E-state index is -0.695. The predicted octanol–water partition coefficient (Wildman–Crippen LogP) is 2.60. The molecule has 0 fully saturated rings. The van der Waals surface area contributed by atoms with Crippen LogP contribution in [0.3, 0.4) is 0 Å². The van der Waals surface area contributed by atoms with Gasteiger partial charge in [-0.2, -0.15) is 5.10 Å². The summed E-state index contributed by atoms with van der Waals surface area (Å²) in [5, 5.41) is 14.2. The van der Waals surface area contributed by atoms with Crippen LogP contribution in [0.1, 0.15) is 17.4 Å². The van der Waals surface area contributed by atoms with Crippen LogP contribution < -0.4 is 0 Å². The summed E-state index contributed by atoms with van der Waals surface area (Å²) in [6, 6.07) is 6.10. The summed E-state index contributed by atoms with van der Waals surface area (Å²) in [6.45, 7) is 0. The van der Waals surface area contributed by atoms with E-state index in [9.17, 15) is 9.50 Å². The molecule has 1 heterocycles. The van der Waals surface area contributed by atoms with E-state index in [0.717, 1.165) is 5.69 Å². The van der Waals surface area contributed by atoms with Crippen LogP contribution in [-0.2, 0) is 13.5 Å². The molecule has 1 atom stereocenters. The van der Waals surface area contributed by atoms with Crippen molar-refractivity contribution in [1.82, 2.24) is 9.78 Å². The molecule has 0 amide bonds. The number of rotatable bonds is 3. The van der Waals surface area contributed by atoms with Crippen molar-refractivity contribution in [1.29, 1.82) is 0 Å². The van der Waals surface area contributed by atoms with Crippen molar-refractivity contribution < 1.29 is 9.50 Å². The molecule has 0 saturated heterocycles. The number of aliphatic hydroxyl groups excluding tert-OH is 1. The van der Waals surface area contributed by atoms with Crippen LogP contribution in [0.4, 0.5) is 4.39 Å². The van der Waals surface area contributed by atoms with Crippen LogP contribution in [0.15, 0.2) is 34.9 Å². The minimum Gasteiger partial charge on any atom is -0.388 e. The number of halogens is 2. The molecule has 90 valence electrons. The molecule has 3 nitrogen and oxygen atoms in total. The Labute approximate surface area is 107 Å². The van der Waals surface area contributed by atoms with Gasteiger partial charge in [0.15, 0.2) is 0 Å². The lowest BCUT2D eigenvalue weighted by Crippen LogP contribution is -2.04. The van der Waals surface area contributed by atoms with Crippen LogP contribution in [0.2, 0.25) is 0 Å². The van der Waals surface area contributed by atoms with Crippen molar-refractivity contribution in [3.63, 3.8) is 0 Å². The van der Waals surface area contributed by atoms with Gasteiger partial charge in [0.2, 0.25) is 0 Å². The Morgan fingerprint density at radius 1 is 1.47 bits per heavy atom. The molecule has 1 aromatic carbocycles. The highest BCUT2D eigenvalue weighted by Crippen LogP contribution is 2.26. The number of hydrogen-bond donors (Lipinski definition) is 1. The van der Waals surface area contributed by atoms with Gasteiger partial charge in [0, 0.05) is 24.1 Å². The summed E-state index contributed by atoms with van der Waals surface area (Å²) >= 11 is 3.24. The fraction of sp³-hybridized carbons (Fsp3) is 0.250. The third kappa shape index (κ3) is 2.92. The Morgan fingerprint density at radius 3 is 2.82 bits per heavy atom. The first kappa shape index (κ1) is 12.3. The van der Waals surface area contributed by atoms with Crippen LogP contribution in [0.5, 0.6) is 0 Å². The number of nitrogens with zero attached hydrogens (tertiary/aromatic N) is 2. The van der Waals surface area contributed by atoms with E-state index in [2.05, 4.69) is 21.0 Å². The van der Waals surface area contributed by atoms with Crippen molar-refractivity contribution in [3.8, 4) is 0 Å². The monoisotopic (exact) mass is 298 g/mol. The summed E-state index contributed by atoms with van der Waals surface area (Å²) in [6.07, 6.45) is 1.53. The van der Waals surface area contributed by atoms with Gasteiger partial charge >= 0.3 is 0 Å². The van der Waals surface area contributed by atoms with Gasteiger partial charge in [-0.1, -0.05) is 22.0 Å². The first-order valence-corrected chi connectivity index (χ1v) is 5.97. The highest BCUT2D eigenvalue weighted by atomic mass is 79.9. The van der Waals surface area contributed by atoms with Gasteiger partial charge < -0.3 is 5.11 Å². The first-order chi connectivity index (χ1) is 8.06. The number of aromatic nitrogens is 2. The van der Waals surface area contributed by atoms with Crippen molar-refractivity contribution >= 4 is 15.9 Å². The van der Waals surface area contributed by atoms with Gasteiger partial charge in [-0.3, -0.25) is 4.68 Å². The molecule has 2 rings (SSSR count). The quantitative estimate of drug-likeness (QED) is 0.946. The Hall–Kier alpha value is -1.20. The molecular weight excluding hydrogens is 287 g/mol. The van der Waals surface area contributed by atoms with E-state index in [1.165, 1.54) is 12.1 Å². The number of hydrogen-bond acceptors (Lipinski definition) is 2. The van der Waals surface area contributed by atoms with Gasteiger partial charge in [-0.15, -0.1) is 0 Å². The number of benzene rings is 1. The first-order valence-electron chi connectivity index (χ1n) is 5.18. The van der Waals surface area contributed by atoms with E-state index in [4.69, 9.17) is 0 Å². The maximum absolute atomic E-state index is 12.9. The van der Waals surface area contributed by atoms with E-state index in [0.29, 0.717) is 16.5 Å². The zero-order valence-corrected chi connectivity index (χ0v) is 10.9. The van der Waals surface area contributed by atoms with Gasteiger partial charge in [-0.25, -0.2) is 4.39 Å². The molecular formula is C12H12BrFN2O. The standard InChI is InChI=1S/C12H12BrFN2O/c1-16-5-4-9(15-16)7-12(17)10-3-2-8(14)6-11(10)13/h2-6,12,17H,7H2,1H3. The highest BCUT2D eigenvalue weighted by Gasteiger charge is 2.13. The van der Waals surface area contributed by atoms with Crippen LogP contribution >= 0.6 is 15.9 Å².